The van der Waals surface area contributed by atoms with Crippen molar-refractivity contribution in [1.29, 1.82) is 0 Å². The summed E-state index contributed by atoms with van der Waals surface area (Å²) in [7, 11) is 0. The molecule has 0 spiro atoms. The van der Waals surface area contributed by atoms with Crippen molar-refractivity contribution in [2.45, 2.75) is 12.4 Å². The number of nitrogens with zero attached hydrogens (tertiary/aromatic N) is 1. The zero-order valence-electron chi connectivity index (χ0n) is 11.5. The molecule has 0 saturated carbocycles. The number of benzene rings is 1. The Bertz CT molecular complexity index is 740. The van der Waals surface area contributed by atoms with Crippen molar-refractivity contribution < 1.29 is 31.1 Å². The average molecular weight is 369 g/mol. The SMILES string of the molecule is O=C(Nc1cc(C(F)(F)F)cc(C(F)(F)F)c1)c1cccnc1Cl. The van der Waals surface area contributed by atoms with Crippen molar-refractivity contribution in [3.63, 3.8) is 0 Å². The zero-order valence-corrected chi connectivity index (χ0v) is 12.2. The molecule has 0 bridgehead atoms. The molecule has 2 aromatic rings. The van der Waals surface area contributed by atoms with Crippen molar-refractivity contribution >= 4 is 23.2 Å². The van der Waals surface area contributed by atoms with Crippen LogP contribution in [0.25, 0.3) is 0 Å². The molecule has 24 heavy (non-hydrogen) atoms. The van der Waals surface area contributed by atoms with Gasteiger partial charge in [-0.15, -0.1) is 0 Å². The molecule has 1 amide bonds. The highest BCUT2D eigenvalue weighted by Gasteiger charge is 2.37. The summed E-state index contributed by atoms with van der Waals surface area (Å²) in [6.45, 7) is 0. The van der Waals surface area contributed by atoms with E-state index in [9.17, 15) is 31.1 Å². The Labute approximate surface area is 136 Å². The number of halogens is 7. The lowest BCUT2D eigenvalue weighted by Gasteiger charge is -2.15. The zero-order chi connectivity index (χ0) is 18.1. The van der Waals surface area contributed by atoms with Gasteiger partial charge in [-0.3, -0.25) is 4.79 Å². The monoisotopic (exact) mass is 368 g/mol. The highest BCUT2D eigenvalue weighted by atomic mass is 35.5. The number of rotatable bonds is 2. The molecule has 1 aromatic heterocycles. The number of hydrogen-bond acceptors (Lipinski definition) is 2. The topological polar surface area (TPSA) is 42.0 Å². The van der Waals surface area contributed by atoms with Gasteiger partial charge < -0.3 is 5.32 Å². The van der Waals surface area contributed by atoms with Crippen molar-refractivity contribution in [2.75, 3.05) is 5.32 Å². The normalized spacial score (nSPS) is 12.1. The largest absolute Gasteiger partial charge is 0.416 e. The van der Waals surface area contributed by atoms with Gasteiger partial charge in [0.1, 0.15) is 5.15 Å². The van der Waals surface area contributed by atoms with Crippen LogP contribution in [0.2, 0.25) is 5.15 Å². The Hall–Kier alpha value is -2.29. The number of pyridine rings is 1. The second-order valence-electron chi connectivity index (χ2n) is 4.59. The fourth-order valence-corrected chi connectivity index (χ4v) is 1.99. The molecular weight excluding hydrogens is 362 g/mol. The van der Waals surface area contributed by atoms with E-state index in [-0.39, 0.29) is 16.8 Å². The molecule has 1 aromatic carbocycles. The highest BCUT2D eigenvalue weighted by Crippen LogP contribution is 2.37. The molecule has 128 valence electrons. The van der Waals surface area contributed by atoms with Gasteiger partial charge in [0.2, 0.25) is 0 Å². The van der Waals surface area contributed by atoms with E-state index in [4.69, 9.17) is 11.6 Å². The quantitative estimate of drug-likeness (QED) is 0.597. The van der Waals surface area contributed by atoms with Crippen LogP contribution in [-0.4, -0.2) is 10.9 Å². The first-order chi connectivity index (χ1) is 11.0. The number of carbonyl (C=O) groups excluding carboxylic acids is 1. The minimum Gasteiger partial charge on any atom is -0.322 e. The Morgan fingerprint density at radius 2 is 1.54 bits per heavy atom. The van der Waals surface area contributed by atoms with Gasteiger partial charge in [-0.1, -0.05) is 11.6 Å². The first kappa shape index (κ1) is 18.1. The lowest BCUT2D eigenvalue weighted by Crippen LogP contribution is -2.16. The van der Waals surface area contributed by atoms with Gasteiger partial charge in [-0.2, -0.15) is 26.3 Å². The minimum atomic E-state index is -5.01. The standard InChI is InChI=1S/C14H7ClF6N2O/c15-11-10(2-1-3-22-11)12(24)23-9-5-7(13(16,17)18)4-8(6-9)14(19,20)21/h1-6H,(H,23,24). The molecule has 1 heterocycles. The maximum atomic E-state index is 12.7. The van der Waals surface area contributed by atoms with Crippen LogP contribution in [0.1, 0.15) is 21.5 Å². The molecule has 0 aliphatic heterocycles. The maximum absolute atomic E-state index is 12.7. The number of aromatic nitrogens is 1. The smallest absolute Gasteiger partial charge is 0.322 e. The molecule has 0 fully saturated rings. The predicted octanol–water partition coefficient (Wildman–Crippen LogP) is 5.02. The van der Waals surface area contributed by atoms with E-state index in [0.29, 0.717) is 12.1 Å². The Kier molecular flexibility index (Phi) is 4.75. The summed E-state index contributed by atoms with van der Waals surface area (Å²) in [6.07, 6.45) is -8.75. The van der Waals surface area contributed by atoms with Crippen LogP contribution < -0.4 is 5.32 Å². The van der Waals surface area contributed by atoms with Gasteiger partial charge in [0.25, 0.3) is 5.91 Å². The van der Waals surface area contributed by atoms with Crippen LogP contribution in [0.15, 0.2) is 36.5 Å². The molecule has 0 unspecified atom stereocenters. The molecule has 0 saturated heterocycles. The number of alkyl halides is 6. The van der Waals surface area contributed by atoms with E-state index in [0.717, 1.165) is 0 Å². The number of anilines is 1. The summed E-state index contributed by atoms with van der Waals surface area (Å²) in [6, 6.07) is 3.33. The fraction of sp³-hybridized carbons (Fsp3) is 0.143. The summed E-state index contributed by atoms with van der Waals surface area (Å²) in [5.41, 5.74) is -3.93. The van der Waals surface area contributed by atoms with Crippen molar-refractivity contribution in [3.8, 4) is 0 Å². The third kappa shape index (κ3) is 4.16. The first-order valence-corrected chi connectivity index (χ1v) is 6.57. The van der Waals surface area contributed by atoms with Gasteiger partial charge in [0.15, 0.2) is 0 Å². The number of hydrogen-bond donors (Lipinski definition) is 1. The van der Waals surface area contributed by atoms with Crippen LogP contribution in [0.3, 0.4) is 0 Å². The van der Waals surface area contributed by atoms with E-state index in [1.807, 2.05) is 5.32 Å². The van der Waals surface area contributed by atoms with Gasteiger partial charge in [-0.25, -0.2) is 4.98 Å². The van der Waals surface area contributed by atoms with Crippen LogP contribution in [0, 0.1) is 0 Å². The Morgan fingerprint density at radius 3 is 2.00 bits per heavy atom. The molecule has 0 radical (unpaired) electrons. The molecule has 10 heteroatoms. The Morgan fingerprint density at radius 1 is 1.00 bits per heavy atom. The first-order valence-electron chi connectivity index (χ1n) is 6.20. The molecule has 0 aliphatic rings. The summed E-state index contributed by atoms with van der Waals surface area (Å²) in [5, 5.41) is 1.72. The maximum Gasteiger partial charge on any atom is 0.416 e. The Balaban J connectivity index is 2.43. The molecule has 3 nitrogen and oxygen atoms in total. The van der Waals surface area contributed by atoms with Crippen molar-refractivity contribution in [3.05, 3.63) is 58.4 Å². The van der Waals surface area contributed by atoms with Gasteiger partial charge >= 0.3 is 12.4 Å². The fourth-order valence-electron chi connectivity index (χ4n) is 1.78. The molecular formula is C14H7ClF6N2O. The molecule has 0 atom stereocenters. The van der Waals surface area contributed by atoms with E-state index >= 15 is 0 Å². The van der Waals surface area contributed by atoms with Crippen LogP contribution in [-0.2, 0) is 12.4 Å². The van der Waals surface area contributed by atoms with Crippen LogP contribution >= 0.6 is 11.6 Å². The lowest BCUT2D eigenvalue weighted by atomic mass is 10.1. The number of amides is 1. The van der Waals surface area contributed by atoms with E-state index < -0.39 is 35.1 Å². The molecule has 1 N–H and O–H groups in total. The highest BCUT2D eigenvalue weighted by molar-refractivity contribution is 6.33. The van der Waals surface area contributed by atoms with Crippen LogP contribution in [0.4, 0.5) is 32.0 Å². The summed E-state index contributed by atoms with van der Waals surface area (Å²) in [4.78, 5) is 15.6. The number of carbonyl (C=O) groups is 1. The predicted molar refractivity (Wildman–Crippen MR) is 73.6 cm³/mol. The second kappa shape index (κ2) is 6.31. The average Bonchev–Trinajstić information content (AvgIpc) is 2.45. The third-order valence-electron chi connectivity index (χ3n) is 2.85. The number of nitrogens with one attached hydrogen (secondary N) is 1. The summed E-state index contributed by atoms with van der Waals surface area (Å²) in [5.74, 6) is -0.986. The molecule has 2 rings (SSSR count). The summed E-state index contributed by atoms with van der Waals surface area (Å²) < 4.78 is 76.5. The van der Waals surface area contributed by atoms with Crippen LogP contribution in [0.5, 0.6) is 0 Å². The molecule has 0 aliphatic carbocycles. The van der Waals surface area contributed by atoms with Gasteiger partial charge in [-0.05, 0) is 30.3 Å². The lowest BCUT2D eigenvalue weighted by molar-refractivity contribution is -0.143. The van der Waals surface area contributed by atoms with E-state index in [1.165, 1.54) is 18.3 Å². The van der Waals surface area contributed by atoms with Crippen molar-refractivity contribution in [2.24, 2.45) is 0 Å². The van der Waals surface area contributed by atoms with E-state index in [2.05, 4.69) is 4.98 Å². The van der Waals surface area contributed by atoms with Crippen molar-refractivity contribution in [1.82, 2.24) is 4.98 Å². The van der Waals surface area contributed by atoms with Gasteiger partial charge in [0.05, 0.1) is 16.7 Å². The van der Waals surface area contributed by atoms with E-state index in [1.54, 1.807) is 0 Å². The minimum absolute atomic E-state index is 0.0350. The summed E-state index contributed by atoms with van der Waals surface area (Å²) >= 11 is 5.66. The third-order valence-corrected chi connectivity index (χ3v) is 3.15. The second-order valence-corrected chi connectivity index (χ2v) is 4.95. The van der Waals surface area contributed by atoms with Gasteiger partial charge in [0, 0.05) is 11.9 Å².